The second kappa shape index (κ2) is 11.3. The Morgan fingerprint density at radius 1 is 0.733 bits per heavy atom. The zero-order valence-corrected chi connectivity index (χ0v) is 20.5. The summed E-state index contributed by atoms with van der Waals surface area (Å²) in [4.78, 5) is 53.8. The van der Waals surface area contributed by atoms with Gasteiger partial charge in [-0.3, -0.25) is 19.2 Å². The number of ketones is 4. The van der Waals surface area contributed by atoms with Gasteiger partial charge in [0.25, 0.3) is 0 Å². The minimum Gasteiger partial charge on any atom is -0.298 e. The molecule has 0 aromatic heterocycles. The number of carbonyl (C=O) groups is 4. The third kappa shape index (κ3) is 6.59. The summed E-state index contributed by atoms with van der Waals surface area (Å²) in [5, 5.41) is 0. The van der Waals surface area contributed by atoms with Crippen molar-refractivity contribution in [2.45, 2.75) is 100 Å². The first-order valence-electron chi connectivity index (χ1n) is 12.0. The molecule has 30 heavy (non-hydrogen) atoms. The highest BCUT2D eigenvalue weighted by molar-refractivity contribution is 6.33. The van der Waals surface area contributed by atoms with Crippen LogP contribution >= 0.6 is 0 Å². The SMILES string of the molecule is CC(C)CCC1C(=O)C(C(=O)CC(C)C)C(=O)C(CCC(C)C)(CCC(C)C)C1=O. The fourth-order valence-electron chi connectivity index (χ4n) is 4.48. The molecule has 2 unspecified atom stereocenters. The number of carbonyl (C=O) groups excluding carboxylic acids is 4. The van der Waals surface area contributed by atoms with Gasteiger partial charge in [-0.1, -0.05) is 55.4 Å². The van der Waals surface area contributed by atoms with Crippen LogP contribution in [0, 0.1) is 40.9 Å². The summed E-state index contributed by atoms with van der Waals surface area (Å²) in [7, 11) is 0. The monoisotopic (exact) mass is 420 g/mol. The summed E-state index contributed by atoms with van der Waals surface area (Å²) >= 11 is 0. The van der Waals surface area contributed by atoms with Gasteiger partial charge in [-0.2, -0.15) is 0 Å². The first-order chi connectivity index (χ1) is 13.8. The summed E-state index contributed by atoms with van der Waals surface area (Å²) in [6.07, 6.45) is 3.78. The van der Waals surface area contributed by atoms with E-state index in [1.165, 1.54) is 0 Å². The van der Waals surface area contributed by atoms with E-state index >= 15 is 0 Å². The molecule has 0 aliphatic heterocycles. The third-order valence-electron chi connectivity index (χ3n) is 6.41. The molecule has 0 amide bonds. The Morgan fingerprint density at radius 3 is 1.60 bits per heavy atom. The second-order valence-electron chi connectivity index (χ2n) is 11.1. The van der Waals surface area contributed by atoms with Crippen LogP contribution in [0.5, 0.6) is 0 Å². The Kier molecular flexibility index (Phi) is 10.1. The van der Waals surface area contributed by atoms with Gasteiger partial charge in [0.05, 0.1) is 11.3 Å². The van der Waals surface area contributed by atoms with E-state index in [-0.39, 0.29) is 23.9 Å². The highest BCUT2D eigenvalue weighted by Crippen LogP contribution is 2.45. The lowest BCUT2D eigenvalue weighted by Gasteiger charge is -2.41. The first-order valence-corrected chi connectivity index (χ1v) is 12.0. The molecule has 172 valence electrons. The zero-order valence-electron chi connectivity index (χ0n) is 20.5. The molecule has 1 aliphatic rings. The maximum atomic E-state index is 13.7. The van der Waals surface area contributed by atoms with Crippen LogP contribution in [-0.4, -0.2) is 23.1 Å². The minimum atomic E-state index is -1.25. The van der Waals surface area contributed by atoms with Gasteiger partial charge in [0.1, 0.15) is 5.92 Å². The molecule has 4 nitrogen and oxygen atoms in total. The molecule has 1 fully saturated rings. The molecule has 1 saturated carbocycles. The summed E-state index contributed by atoms with van der Waals surface area (Å²) in [6, 6.07) is 0. The van der Waals surface area contributed by atoms with Crippen LogP contribution in [0.4, 0.5) is 0 Å². The van der Waals surface area contributed by atoms with Crippen molar-refractivity contribution in [2.24, 2.45) is 40.9 Å². The van der Waals surface area contributed by atoms with Crippen LogP contribution in [0.3, 0.4) is 0 Å². The smallest absolute Gasteiger partial charge is 0.164 e. The molecule has 2 atom stereocenters. The summed E-state index contributed by atoms with van der Waals surface area (Å²) in [5.74, 6) is -2.26. The highest BCUT2D eigenvalue weighted by Gasteiger charge is 2.59. The van der Waals surface area contributed by atoms with Crippen LogP contribution in [-0.2, 0) is 19.2 Å². The Morgan fingerprint density at radius 2 is 1.20 bits per heavy atom. The molecular weight excluding hydrogens is 376 g/mol. The second-order valence-corrected chi connectivity index (χ2v) is 11.1. The highest BCUT2D eigenvalue weighted by atomic mass is 16.2. The molecule has 4 heteroatoms. The van der Waals surface area contributed by atoms with E-state index in [4.69, 9.17) is 0 Å². The minimum absolute atomic E-state index is 0.0746. The quantitative estimate of drug-likeness (QED) is 0.371. The Labute approximate surface area is 184 Å². The molecule has 1 rings (SSSR count). The maximum absolute atomic E-state index is 13.7. The van der Waals surface area contributed by atoms with Crippen LogP contribution in [0.15, 0.2) is 0 Å². The molecule has 0 N–H and O–H groups in total. The van der Waals surface area contributed by atoms with E-state index in [0.29, 0.717) is 37.0 Å². The van der Waals surface area contributed by atoms with E-state index in [0.717, 1.165) is 19.3 Å². The van der Waals surface area contributed by atoms with Crippen LogP contribution in [0.2, 0.25) is 0 Å². The number of Topliss-reactive ketones (excluding diaryl/α,β-unsaturated/α-hetero) is 4. The lowest BCUT2D eigenvalue weighted by Crippen LogP contribution is -2.58. The largest absolute Gasteiger partial charge is 0.298 e. The van der Waals surface area contributed by atoms with E-state index in [1.54, 1.807) is 0 Å². The summed E-state index contributed by atoms with van der Waals surface area (Å²) < 4.78 is 0. The molecular formula is C26H44O4. The Balaban J connectivity index is 3.46. The van der Waals surface area contributed by atoms with E-state index in [2.05, 4.69) is 41.5 Å². The molecule has 1 aliphatic carbocycles. The van der Waals surface area contributed by atoms with E-state index < -0.39 is 28.8 Å². The first kappa shape index (κ1) is 26.7. The summed E-state index contributed by atoms with van der Waals surface area (Å²) in [5.41, 5.74) is -1.18. The van der Waals surface area contributed by atoms with Crippen LogP contribution in [0.1, 0.15) is 100 Å². The van der Waals surface area contributed by atoms with Crippen molar-refractivity contribution in [1.82, 2.24) is 0 Å². The standard InChI is InChI=1S/C26H44O4/c1-16(2)9-10-20-23(28)22(21(27)15-19(7)8)25(30)26(24(20)29,13-11-17(3)4)14-12-18(5)6/h16-20,22H,9-15H2,1-8H3. The fraction of sp³-hybridized carbons (Fsp3) is 0.846. The van der Waals surface area contributed by atoms with E-state index in [1.807, 2.05) is 13.8 Å². The van der Waals surface area contributed by atoms with Gasteiger partial charge in [0.15, 0.2) is 23.1 Å². The topological polar surface area (TPSA) is 68.3 Å². The molecule has 0 aromatic rings. The average Bonchev–Trinajstić information content (AvgIpc) is 2.60. The number of rotatable bonds is 12. The van der Waals surface area contributed by atoms with Gasteiger partial charge in [-0.15, -0.1) is 0 Å². The van der Waals surface area contributed by atoms with Crippen LogP contribution < -0.4 is 0 Å². The van der Waals surface area contributed by atoms with Gasteiger partial charge >= 0.3 is 0 Å². The van der Waals surface area contributed by atoms with Gasteiger partial charge < -0.3 is 0 Å². The van der Waals surface area contributed by atoms with Crippen LogP contribution in [0.25, 0.3) is 0 Å². The molecule has 0 saturated heterocycles. The zero-order chi connectivity index (χ0) is 23.2. The third-order valence-corrected chi connectivity index (χ3v) is 6.41. The normalized spacial score (nSPS) is 22.1. The van der Waals surface area contributed by atoms with Crippen molar-refractivity contribution in [3.63, 3.8) is 0 Å². The lowest BCUT2D eigenvalue weighted by molar-refractivity contribution is -0.160. The predicted octanol–water partition coefficient (Wildman–Crippen LogP) is 5.85. The van der Waals surface area contributed by atoms with E-state index in [9.17, 15) is 19.2 Å². The number of hydrogen-bond donors (Lipinski definition) is 0. The van der Waals surface area contributed by atoms with Crippen molar-refractivity contribution < 1.29 is 19.2 Å². The summed E-state index contributed by atoms with van der Waals surface area (Å²) in [6.45, 7) is 16.3. The van der Waals surface area contributed by atoms with Gasteiger partial charge in [-0.05, 0) is 62.2 Å². The predicted molar refractivity (Wildman–Crippen MR) is 121 cm³/mol. The molecule has 0 radical (unpaired) electrons. The molecule has 0 spiro atoms. The molecule has 0 heterocycles. The Hall–Kier alpha value is -1.32. The van der Waals surface area contributed by atoms with Crippen molar-refractivity contribution in [3.8, 4) is 0 Å². The fourth-order valence-corrected chi connectivity index (χ4v) is 4.48. The lowest BCUT2D eigenvalue weighted by atomic mass is 9.56. The van der Waals surface area contributed by atoms with Crippen molar-refractivity contribution >= 4 is 23.1 Å². The van der Waals surface area contributed by atoms with Crippen molar-refractivity contribution in [2.75, 3.05) is 0 Å². The van der Waals surface area contributed by atoms with Gasteiger partial charge in [0, 0.05) is 6.42 Å². The van der Waals surface area contributed by atoms with Gasteiger partial charge in [-0.25, -0.2) is 0 Å². The van der Waals surface area contributed by atoms with Gasteiger partial charge in [0.2, 0.25) is 0 Å². The van der Waals surface area contributed by atoms with Crippen molar-refractivity contribution in [3.05, 3.63) is 0 Å². The maximum Gasteiger partial charge on any atom is 0.164 e. The molecule has 0 bridgehead atoms. The molecule has 0 aromatic carbocycles. The van der Waals surface area contributed by atoms with Crippen molar-refractivity contribution in [1.29, 1.82) is 0 Å². The Bertz CT molecular complexity index is 615. The number of hydrogen-bond acceptors (Lipinski definition) is 4. The average molecular weight is 421 g/mol.